The average Bonchev–Trinajstić information content (AvgIpc) is 2.34. The molecule has 0 radical (unpaired) electrons. The highest BCUT2D eigenvalue weighted by molar-refractivity contribution is 5.73. The molecule has 1 aliphatic rings. The summed E-state index contributed by atoms with van der Waals surface area (Å²) in [6.45, 7) is 7.61. The highest BCUT2D eigenvalue weighted by Gasteiger charge is 2.16. The Morgan fingerprint density at radius 2 is 2.39 bits per heavy atom. The van der Waals surface area contributed by atoms with Crippen molar-refractivity contribution >= 4 is 5.97 Å². The van der Waals surface area contributed by atoms with Gasteiger partial charge in [0.05, 0.1) is 6.42 Å². The van der Waals surface area contributed by atoms with E-state index in [0.717, 1.165) is 24.8 Å². The van der Waals surface area contributed by atoms with Crippen LogP contribution in [-0.2, 0) is 9.53 Å². The maximum Gasteiger partial charge on any atom is 0.310 e. The first kappa shape index (κ1) is 14.5. The molecule has 0 saturated carbocycles. The van der Waals surface area contributed by atoms with Crippen LogP contribution in [-0.4, -0.2) is 12.1 Å². The van der Waals surface area contributed by atoms with E-state index in [0.29, 0.717) is 6.42 Å². The summed E-state index contributed by atoms with van der Waals surface area (Å²) in [6.07, 6.45) is 12.8. The van der Waals surface area contributed by atoms with Gasteiger partial charge in [-0.1, -0.05) is 36.5 Å². The zero-order chi connectivity index (χ0) is 13.4. The van der Waals surface area contributed by atoms with Crippen molar-refractivity contribution in [2.45, 2.75) is 45.6 Å². The summed E-state index contributed by atoms with van der Waals surface area (Å²) >= 11 is 0. The van der Waals surface area contributed by atoms with E-state index in [1.807, 2.05) is 25.2 Å². The highest BCUT2D eigenvalue weighted by atomic mass is 16.5. The molecule has 18 heavy (non-hydrogen) atoms. The molecule has 1 aliphatic carbocycles. The van der Waals surface area contributed by atoms with Crippen molar-refractivity contribution in [1.29, 1.82) is 0 Å². The van der Waals surface area contributed by atoms with Crippen LogP contribution < -0.4 is 0 Å². The summed E-state index contributed by atoms with van der Waals surface area (Å²) in [5, 5.41) is 0. The van der Waals surface area contributed by atoms with E-state index in [1.54, 1.807) is 6.08 Å². The van der Waals surface area contributed by atoms with E-state index in [2.05, 4.69) is 19.6 Å². The number of ether oxygens (including phenoxy) is 1. The zero-order valence-electron chi connectivity index (χ0n) is 11.3. The summed E-state index contributed by atoms with van der Waals surface area (Å²) in [5.41, 5.74) is 2.27. The van der Waals surface area contributed by atoms with Crippen LogP contribution in [0.4, 0.5) is 0 Å². The molecule has 0 fully saturated rings. The minimum atomic E-state index is -0.159. The third-order valence-corrected chi connectivity index (χ3v) is 2.98. The van der Waals surface area contributed by atoms with Gasteiger partial charge in [0.1, 0.15) is 6.10 Å². The molecular formula is C16H22O2. The van der Waals surface area contributed by atoms with Crippen molar-refractivity contribution in [1.82, 2.24) is 0 Å². The Balaban J connectivity index is 2.48. The van der Waals surface area contributed by atoms with Crippen molar-refractivity contribution < 1.29 is 9.53 Å². The Bertz CT molecular complexity index is 386. The lowest BCUT2D eigenvalue weighted by atomic mass is 9.99. The lowest BCUT2D eigenvalue weighted by Crippen LogP contribution is -2.19. The third kappa shape index (κ3) is 5.17. The minimum absolute atomic E-state index is 0.0345. The zero-order valence-corrected chi connectivity index (χ0v) is 11.3. The first-order valence-corrected chi connectivity index (χ1v) is 6.46. The predicted molar refractivity (Wildman–Crippen MR) is 75.2 cm³/mol. The van der Waals surface area contributed by atoms with Gasteiger partial charge in [-0.2, -0.15) is 0 Å². The molecule has 0 aromatic carbocycles. The molecule has 0 saturated heterocycles. The van der Waals surface area contributed by atoms with E-state index in [-0.39, 0.29) is 12.1 Å². The fourth-order valence-electron chi connectivity index (χ4n) is 1.99. The van der Waals surface area contributed by atoms with Crippen molar-refractivity contribution in [2.24, 2.45) is 0 Å². The van der Waals surface area contributed by atoms with Gasteiger partial charge in [-0.05, 0) is 44.8 Å². The fraction of sp³-hybridized carbons (Fsp3) is 0.438. The minimum Gasteiger partial charge on any atom is -0.458 e. The molecule has 1 atom stereocenters. The van der Waals surface area contributed by atoms with Gasteiger partial charge in [0.2, 0.25) is 0 Å². The smallest absolute Gasteiger partial charge is 0.310 e. The molecule has 0 bridgehead atoms. The van der Waals surface area contributed by atoms with E-state index < -0.39 is 0 Å². The monoisotopic (exact) mass is 246 g/mol. The Morgan fingerprint density at radius 1 is 1.61 bits per heavy atom. The van der Waals surface area contributed by atoms with E-state index in [1.165, 1.54) is 5.57 Å². The molecule has 0 heterocycles. The molecule has 0 amide bonds. The van der Waals surface area contributed by atoms with Crippen LogP contribution in [0, 0.1) is 0 Å². The quantitative estimate of drug-likeness (QED) is 0.414. The van der Waals surface area contributed by atoms with Crippen LogP contribution in [0.15, 0.2) is 48.1 Å². The van der Waals surface area contributed by atoms with Gasteiger partial charge < -0.3 is 4.74 Å². The van der Waals surface area contributed by atoms with Gasteiger partial charge in [0.15, 0.2) is 0 Å². The summed E-state index contributed by atoms with van der Waals surface area (Å²) < 4.78 is 5.46. The maximum absolute atomic E-state index is 11.8. The normalized spacial score (nSPS) is 20.7. The second-order valence-corrected chi connectivity index (χ2v) is 4.57. The molecule has 98 valence electrons. The molecule has 0 aromatic heterocycles. The number of rotatable bonds is 5. The first-order chi connectivity index (χ1) is 8.65. The third-order valence-electron chi connectivity index (χ3n) is 2.98. The van der Waals surface area contributed by atoms with E-state index >= 15 is 0 Å². The first-order valence-electron chi connectivity index (χ1n) is 6.46. The topological polar surface area (TPSA) is 26.3 Å². The largest absolute Gasteiger partial charge is 0.458 e. The molecule has 0 spiro atoms. The summed E-state index contributed by atoms with van der Waals surface area (Å²) in [5.74, 6) is -0.159. The van der Waals surface area contributed by atoms with Crippen molar-refractivity contribution in [2.75, 3.05) is 0 Å². The predicted octanol–water partition coefficient (Wildman–Crippen LogP) is 4.11. The van der Waals surface area contributed by atoms with Gasteiger partial charge in [0, 0.05) is 0 Å². The van der Waals surface area contributed by atoms with Crippen molar-refractivity contribution in [3.05, 3.63) is 48.1 Å². The second-order valence-electron chi connectivity index (χ2n) is 4.57. The average molecular weight is 246 g/mol. The number of esters is 1. The van der Waals surface area contributed by atoms with Gasteiger partial charge >= 0.3 is 5.97 Å². The highest BCUT2D eigenvalue weighted by Crippen LogP contribution is 2.20. The molecule has 2 heteroatoms. The van der Waals surface area contributed by atoms with E-state index in [9.17, 15) is 4.79 Å². The number of hydrogen-bond donors (Lipinski definition) is 0. The summed E-state index contributed by atoms with van der Waals surface area (Å²) in [4.78, 5) is 11.8. The van der Waals surface area contributed by atoms with Crippen LogP contribution in [0.2, 0.25) is 0 Å². The second kappa shape index (κ2) is 7.70. The Morgan fingerprint density at radius 3 is 3.00 bits per heavy atom. The molecule has 0 aromatic rings. The van der Waals surface area contributed by atoms with Crippen LogP contribution in [0.25, 0.3) is 0 Å². The maximum atomic E-state index is 11.8. The number of carbonyl (C=O) groups excluding carboxylic acids is 1. The summed E-state index contributed by atoms with van der Waals surface area (Å²) in [7, 11) is 0. The number of carbonyl (C=O) groups is 1. The van der Waals surface area contributed by atoms with Crippen molar-refractivity contribution in [3.63, 3.8) is 0 Å². The molecule has 1 rings (SSSR count). The summed E-state index contributed by atoms with van der Waals surface area (Å²) in [6, 6.07) is 0. The molecule has 2 nitrogen and oxygen atoms in total. The Labute approximate surface area is 110 Å². The van der Waals surface area contributed by atoms with Crippen LogP contribution >= 0.6 is 0 Å². The Hall–Kier alpha value is -1.57. The standard InChI is InChI=1S/C16H22O2/c1-4-6-9-14(5-2)12-16(17)18-15-10-7-8-13(3)11-15/h4-6,9,11,15H,1,7-8,10,12H2,2-3H3/b9-6-,14-5+. The lowest BCUT2D eigenvalue weighted by molar-refractivity contribution is -0.146. The number of hydrogen-bond acceptors (Lipinski definition) is 2. The van der Waals surface area contributed by atoms with Crippen LogP contribution in [0.3, 0.4) is 0 Å². The fourth-order valence-corrected chi connectivity index (χ4v) is 1.99. The molecule has 0 N–H and O–H groups in total. The molecule has 1 unspecified atom stereocenters. The van der Waals surface area contributed by atoms with Crippen molar-refractivity contribution in [3.8, 4) is 0 Å². The molecular weight excluding hydrogens is 224 g/mol. The molecule has 0 aliphatic heterocycles. The van der Waals surface area contributed by atoms with Gasteiger partial charge in [0.25, 0.3) is 0 Å². The van der Waals surface area contributed by atoms with Crippen LogP contribution in [0.1, 0.15) is 39.5 Å². The number of allylic oxidation sites excluding steroid dienone is 5. The van der Waals surface area contributed by atoms with E-state index in [4.69, 9.17) is 4.74 Å². The van der Waals surface area contributed by atoms with Crippen LogP contribution in [0.5, 0.6) is 0 Å². The van der Waals surface area contributed by atoms with Gasteiger partial charge in [-0.15, -0.1) is 0 Å². The SMILES string of the molecule is C=C/C=C\C(=C/C)CC(=O)OC1C=C(C)CCC1. The van der Waals surface area contributed by atoms with Gasteiger partial charge in [-0.3, -0.25) is 4.79 Å². The van der Waals surface area contributed by atoms with Gasteiger partial charge in [-0.25, -0.2) is 0 Å². The Kier molecular flexibility index (Phi) is 6.20. The lowest BCUT2D eigenvalue weighted by Gasteiger charge is -2.19.